The van der Waals surface area contributed by atoms with Gasteiger partial charge in [-0.15, -0.1) is 0 Å². The lowest BCUT2D eigenvalue weighted by molar-refractivity contribution is -0.178. The summed E-state index contributed by atoms with van der Waals surface area (Å²) in [7, 11) is 1.56. The van der Waals surface area contributed by atoms with Gasteiger partial charge in [-0.2, -0.15) is 0 Å². The molecule has 0 bridgehead atoms. The van der Waals surface area contributed by atoms with Crippen molar-refractivity contribution in [1.82, 2.24) is 0 Å². The van der Waals surface area contributed by atoms with Crippen LogP contribution in [0.3, 0.4) is 0 Å². The minimum atomic E-state index is -0.585. The summed E-state index contributed by atoms with van der Waals surface area (Å²) in [5.74, 6) is 0. The lowest BCUT2D eigenvalue weighted by Crippen LogP contribution is -2.48. The van der Waals surface area contributed by atoms with Crippen LogP contribution in [-0.2, 0) is 9.47 Å². The minimum Gasteiger partial charge on any atom is -0.394 e. The van der Waals surface area contributed by atoms with E-state index >= 15 is 0 Å². The van der Waals surface area contributed by atoms with E-state index in [1.165, 1.54) is 0 Å². The molecule has 1 aliphatic heterocycles. The van der Waals surface area contributed by atoms with E-state index in [-0.39, 0.29) is 24.9 Å². The van der Waals surface area contributed by atoms with Crippen LogP contribution < -0.4 is 0 Å². The molecule has 1 aliphatic rings. The molecule has 72 valence electrons. The second-order valence-corrected chi connectivity index (χ2v) is 3.15. The summed E-state index contributed by atoms with van der Waals surface area (Å²) in [6, 6.07) is 0. The number of rotatable bonds is 2. The maximum Gasteiger partial charge on any atom is 0.106 e. The molecule has 4 heteroatoms. The van der Waals surface area contributed by atoms with E-state index in [1.807, 2.05) is 0 Å². The third-order valence-corrected chi connectivity index (χ3v) is 2.27. The van der Waals surface area contributed by atoms with Gasteiger partial charge in [0.25, 0.3) is 0 Å². The standard InChI is InChI=1S/C8H16O4/c1-5-8(10)7(11-2)3-6(4-9)12-5/h5-10H,3-4H2,1-2H3/t5-,6?,7?,8?/m1/s1. The van der Waals surface area contributed by atoms with E-state index in [4.69, 9.17) is 14.6 Å². The Morgan fingerprint density at radius 1 is 1.58 bits per heavy atom. The molecule has 1 fully saturated rings. The van der Waals surface area contributed by atoms with Gasteiger partial charge in [-0.1, -0.05) is 0 Å². The predicted molar refractivity (Wildman–Crippen MR) is 42.8 cm³/mol. The van der Waals surface area contributed by atoms with Crippen LogP contribution in [0.1, 0.15) is 13.3 Å². The minimum absolute atomic E-state index is 0.0169. The van der Waals surface area contributed by atoms with E-state index in [9.17, 15) is 5.11 Å². The average molecular weight is 176 g/mol. The van der Waals surface area contributed by atoms with Gasteiger partial charge < -0.3 is 19.7 Å². The van der Waals surface area contributed by atoms with Crippen LogP contribution in [0, 0.1) is 0 Å². The summed E-state index contributed by atoms with van der Waals surface area (Å²) >= 11 is 0. The predicted octanol–water partition coefficient (Wildman–Crippen LogP) is -0.468. The highest BCUT2D eigenvalue weighted by molar-refractivity contribution is 4.83. The number of aliphatic hydroxyl groups is 2. The molecule has 0 amide bonds. The fraction of sp³-hybridized carbons (Fsp3) is 1.00. The zero-order valence-electron chi connectivity index (χ0n) is 7.43. The molecule has 0 aliphatic carbocycles. The van der Waals surface area contributed by atoms with E-state index in [1.54, 1.807) is 14.0 Å². The molecule has 1 saturated heterocycles. The Balaban J connectivity index is 2.52. The third kappa shape index (κ3) is 1.95. The number of hydrogen-bond donors (Lipinski definition) is 2. The van der Waals surface area contributed by atoms with Crippen molar-refractivity contribution in [3.63, 3.8) is 0 Å². The Hall–Kier alpha value is -0.160. The van der Waals surface area contributed by atoms with Gasteiger partial charge in [0.05, 0.1) is 24.9 Å². The van der Waals surface area contributed by atoms with Gasteiger partial charge in [0, 0.05) is 13.5 Å². The molecule has 0 radical (unpaired) electrons. The van der Waals surface area contributed by atoms with Gasteiger partial charge in [0.15, 0.2) is 0 Å². The van der Waals surface area contributed by atoms with Gasteiger partial charge in [0.1, 0.15) is 6.10 Å². The molecule has 1 rings (SSSR count). The molecule has 2 N–H and O–H groups in total. The number of hydrogen-bond acceptors (Lipinski definition) is 4. The highest BCUT2D eigenvalue weighted by Gasteiger charge is 2.34. The van der Waals surface area contributed by atoms with Crippen LogP contribution in [0.4, 0.5) is 0 Å². The average Bonchev–Trinajstić information content (AvgIpc) is 2.09. The Labute approximate surface area is 72.1 Å². The van der Waals surface area contributed by atoms with Crippen molar-refractivity contribution < 1.29 is 19.7 Å². The van der Waals surface area contributed by atoms with Crippen LogP contribution in [0.5, 0.6) is 0 Å². The van der Waals surface area contributed by atoms with Crippen LogP contribution >= 0.6 is 0 Å². The maximum absolute atomic E-state index is 9.52. The second kappa shape index (κ2) is 4.18. The topological polar surface area (TPSA) is 58.9 Å². The molecular weight excluding hydrogens is 160 g/mol. The third-order valence-electron chi connectivity index (χ3n) is 2.27. The van der Waals surface area contributed by atoms with Gasteiger partial charge in [-0.3, -0.25) is 0 Å². The lowest BCUT2D eigenvalue weighted by Gasteiger charge is -2.36. The molecule has 0 aromatic rings. The van der Waals surface area contributed by atoms with Crippen LogP contribution in [0.2, 0.25) is 0 Å². The zero-order valence-corrected chi connectivity index (χ0v) is 7.43. The first-order valence-corrected chi connectivity index (χ1v) is 4.16. The molecule has 0 saturated carbocycles. The summed E-state index contributed by atoms with van der Waals surface area (Å²) in [6.45, 7) is 1.76. The highest BCUT2D eigenvalue weighted by Crippen LogP contribution is 2.21. The molecule has 1 heterocycles. The SMILES string of the molecule is COC1CC(CO)O[C@H](C)C1O. The fourth-order valence-corrected chi connectivity index (χ4v) is 1.49. The molecule has 4 atom stereocenters. The van der Waals surface area contributed by atoms with Crippen molar-refractivity contribution >= 4 is 0 Å². The lowest BCUT2D eigenvalue weighted by atomic mass is 9.99. The summed E-state index contributed by atoms with van der Waals surface area (Å²) in [5.41, 5.74) is 0. The normalized spacial score (nSPS) is 43.0. The van der Waals surface area contributed by atoms with Crippen molar-refractivity contribution in [2.24, 2.45) is 0 Å². The van der Waals surface area contributed by atoms with E-state index in [0.717, 1.165) is 0 Å². The number of aliphatic hydroxyl groups excluding tert-OH is 2. The first-order chi connectivity index (χ1) is 5.69. The largest absolute Gasteiger partial charge is 0.394 e. The molecule has 4 nitrogen and oxygen atoms in total. The number of methoxy groups -OCH3 is 1. The van der Waals surface area contributed by atoms with E-state index in [2.05, 4.69) is 0 Å². The van der Waals surface area contributed by atoms with Crippen molar-refractivity contribution in [3.05, 3.63) is 0 Å². The highest BCUT2D eigenvalue weighted by atomic mass is 16.5. The Kier molecular flexibility index (Phi) is 3.46. The van der Waals surface area contributed by atoms with Crippen LogP contribution in [0.25, 0.3) is 0 Å². The molecule has 3 unspecified atom stereocenters. The van der Waals surface area contributed by atoms with Gasteiger partial charge >= 0.3 is 0 Å². The van der Waals surface area contributed by atoms with Crippen LogP contribution in [0.15, 0.2) is 0 Å². The zero-order chi connectivity index (χ0) is 9.14. The molecule has 0 spiro atoms. The Morgan fingerprint density at radius 2 is 2.25 bits per heavy atom. The molecule has 0 aromatic heterocycles. The van der Waals surface area contributed by atoms with Gasteiger partial charge in [0.2, 0.25) is 0 Å². The van der Waals surface area contributed by atoms with E-state index < -0.39 is 6.10 Å². The monoisotopic (exact) mass is 176 g/mol. The van der Waals surface area contributed by atoms with Crippen molar-refractivity contribution in [3.8, 4) is 0 Å². The quantitative estimate of drug-likeness (QED) is 0.597. The van der Waals surface area contributed by atoms with Crippen molar-refractivity contribution in [2.45, 2.75) is 37.8 Å². The first kappa shape index (κ1) is 9.92. The summed E-state index contributed by atoms with van der Waals surface area (Å²) in [4.78, 5) is 0. The number of ether oxygens (including phenoxy) is 2. The smallest absolute Gasteiger partial charge is 0.106 e. The van der Waals surface area contributed by atoms with Crippen molar-refractivity contribution in [2.75, 3.05) is 13.7 Å². The first-order valence-electron chi connectivity index (χ1n) is 4.16. The second-order valence-electron chi connectivity index (χ2n) is 3.15. The fourth-order valence-electron chi connectivity index (χ4n) is 1.49. The summed E-state index contributed by atoms with van der Waals surface area (Å²) in [5, 5.41) is 18.4. The Morgan fingerprint density at radius 3 is 2.75 bits per heavy atom. The summed E-state index contributed by atoms with van der Waals surface area (Å²) in [6.07, 6.45) is -0.712. The van der Waals surface area contributed by atoms with Crippen molar-refractivity contribution in [1.29, 1.82) is 0 Å². The molecule has 0 aromatic carbocycles. The Bertz CT molecular complexity index is 139. The maximum atomic E-state index is 9.52. The van der Waals surface area contributed by atoms with E-state index in [0.29, 0.717) is 6.42 Å². The van der Waals surface area contributed by atoms with Gasteiger partial charge in [-0.05, 0) is 6.92 Å². The molecular formula is C8H16O4. The van der Waals surface area contributed by atoms with Gasteiger partial charge in [-0.25, -0.2) is 0 Å². The summed E-state index contributed by atoms with van der Waals surface area (Å²) < 4.78 is 10.4. The van der Waals surface area contributed by atoms with Crippen LogP contribution in [-0.4, -0.2) is 48.3 Å². The molecule has 12 heavy (non-hydrogen) atoms.